The zero-order valence-electron chi connectivity index (χ0n) is 17.6. The molecule has 0 aromatic heterocycles. The van der Waals surface area contributed by atoms with Crippen LogP contribution in [0, 0.1) is 11.7 Å². The van der Waals surface area contributed by atoms with Crippen LogP contribution in [0.25, 0.3) is 0 Å². The third-order valence-corrected chi connectivity index (χ3v) is 6.19. The van der Waals surface area contributed by atoms with Gasteiger partial charge in [-0.1, -0.05) is 35.9 Å². The van der Waals surface area contributed by atoms with Gasteiger partial charge < -0.3 is 10.2 Å². The monoisotopic (exact) mass is 477 g/mol. The number of anilines is 3. The fourth-order valence-corrected chi connectivity index (χ4v) is 4.47. The van der Waals surface area contributed by atoms with Crippen LogP contribution >= 0.6 is 11.6 Å². The number of amides is 4. The maximum absolute atomic E-state index is 14.1. The van der Waals surface area contributed by atoms with Crippen LogP contribution in [0.4, 0.5) is 21.5 Å². The molecular weight excluding hydrogens is 461 g/mol. The van der Waals surface area contributed by atoms with Gasteiger partial charge >= 0.3 is 0 Å². The van der Waals surface area contributed by atoms with Crippen molar-refractivity contribution in [3.8, 4) is 0 Å². The lowest BCUT2D eigenvalue weighted by Crippen LogP contribution is -2.30. The Kier molecular flexibility index (Phi) is 5.37. The van der Waals surface area contributed by atoms with Gasteiger partial charge in [-0.05, 0) is 42.5 Å². The van der Waals surface area contributed by atoms with Crippen molar-refractivity contribution in [1.82, 2.24) is 0 Å². The van der Waals surface area contributed by atoms with E-state index in [0.717, 1.165) is 4.90 Å². The van der Waals surface area contributed by atoms with Gasteiger partial charge in [-0.3, -0.25) is 19.2 Å². The number of fused-ring (bicyclic) bond motifs is 1. The Bertz CT molecular complexity index is 1340. The lowest BCUT2D eigenvalue weighted by atomic mass is 10.1. The van der Waals surface area contributed by atoms with E-state index in [2.05, 4.69) is 5.32 Å². The first kappa shape index (κ1) is 21.8. The van der Waals surface area contributed by atoms with Crippen molar-refractivity contribution >= 4 is 52.3 Å². The molecule has 170 valence electrons. The van der Waals surface area contributed by atoms with E-state index in [9.17, 15) is 23.6 Å². The van der Waals surface area contributed by atoms with Crippen molar-refractivity contribution in [2.75, 3.05) is 21.7 Å². The largest absolute Gasteiger partial charge is 0.326 e. The summed E-state index contributed by atoms with van der Waals surface area (Å²) >= 11 is 6.37. The Morgan fingerprint density at radius 2 is 1.56 bits per heavy atom. The van der Waals surface area contributed by atoms with E-state index in [0.29, 0.717) is 16.8 Å². The maximum atomic E-state index is 14.1. The van der Waals surface area contributed by atoms with Crippen molar-refractivity contribution in [3.63, 3.8) is 0 Å². The number of carbonyl (C=O) groups is 4. The second-order valence-electron chi connectivity index (χ2n) is 8.00. The van der Waals surface area contributed by atoms with Gasteiger partial charge in [0.1, 0.15) is 5.82 Å². The number of imide groups is 1. The van der Waals surface area contributed by atoms with Crippen LogP contribution in [-0.4, -0.2) is 30.2 Å². The van der Waals surface area contributed by atoms with Gasteiger partial charge in [-0.2, -0.15) is 0 Å². The van der Waals surface area contributed by atoms with E-state index in [1.54, 1.807) is 30.3 Å². The van der Waals surface area contributed by atoms with Crippen LogP contribution in [0.1, 0.15) is 27.1 Å². The number of carbonyl (C=O) groups excluding carboxylic acids is 4. The number of nitrogens with zero attached hydrogens (tertiary/aromatic N) is 2. The zero-order valence-corrected chi connectivity index (χ0v) is 18.4. The molecule has 1 saturated heterocycles. The van der Waals surface area contributed by atoms with Gasteiger partial charge in [0.05, 0.1) is 33.4 Å². The van der Waals surface area contributed by atoms with Gasteiger partial charge in [0, 0.05) is 18.7 Å². The lowest BCUT2D eigenvalue weighted by molar-refractivity contribution is -0.122. The highest BCUT2D eigenvalue weighted by atomic mass is 35.5. The third-order valence-electron chi connectivity index (χ3n) is 5.89. The molecule has 3 aromatic carbocycles. The normalized spacial score (nSPS) is 17.4. The number of hydrogen-bond donors (Lipinski definition) is 1. The van der Waals surface area contributed by atoms with E-state index in [-0.39, 0.29) is 35.3 Å². The highest BCUT2D eigenvalue weighted by Crippen LogP contribution is 2.35. The molecule has 3 aromatic rings. The number of benzene rings is 3. The van der Waals surface area contributed by atoms with Gasteiger partial charge in [0.2, 0.25) is 11.8 Å². The molecule has 0 radical (unpaired) electrons. The fraction of sp³-hybridized carbons (Fsp3) is 0.120. The highest BCUT2D eigenvalue weighted by Gasteiger charge is 2.38. The molecule has 4 amide bonds. The third kappa shape index (κ3) is 3.62. The zero-order chi connectivity index (χ0) is 24.0. The number of hydrogen-bond acceptors (Lipinski definition) is 4. The summed E-state index contributed by atoms with van der Waals surface area (Å²) in [5, 5.41) is 2.80. The van der Waals surface area contributed by atoms with Crippen molar-refractivity contribution in [3.05, 3.63) is 88.7 Å². The standard InChI is InChI=1S/C25H17ClFN3O4/c26-18-12-15(9-10-20(18)30-24(33)16-5-1-2-6-17(16)25(30)34)28-23(32)14-11-22(31)29(13-14)21-8-4-3-7-19(21)27/h1-10,12,14H,11,13H2,(H,28,32). The predicted molar refractivity (Wildman–Crippen MR) is 125 cm³/mol. The fourth-order valence-electron chi connectivity index (χ4n) is 4.21. The van der Waals surface area contributed by atoms with E-state index in [1.165, 1.54) is 41.3 Å². The second-order valence-corrected chi connectivity index (χ2v) is 8.41. The molecule has 0 saturated carbocycles. The summed E-state index contributed by atoms with van der Waals surface area (Å²) < 4.78 is 14.1. The number of rotatable bonds is 4. The Balaban J connectivity index is 1.31. The molecule has 5 rings (SSSR count). The molecule has 9 heteroatoms. The Labute approximate surface area is 198 Å². The summed E-state index contributed by atoms with van der Waals surface area (Å²) in [6.07, 6.45) is -0.0545. The van der Waals surface area contributed by atoms with E-state index >= 15 is 0 Å². The van der Waals surface area contributed by atoms with Crippen LogP contribution in [0.2, 0.25) is 5.02 Å². The lowest BCUT2D eigenvalue weighted by Gasteiger charge is -2.18. The predicted octanol–water partition coefficient (Wildman–Crippen LogP) is 4.27. The first-order valence-electron chi connectivity index (χ1n) is 10.5. The molecule has 0 spiro atoms. The average molecular weight is 478 g/mol. The van der Waals surface area contributed by atoms with Crippen LogP contribution in [0.15, 0.2) is 66.7 Å². The summed E-state index contributed by atoms with van der Waals surface area (Å²) in [5.74, 6) is -2.93. The van der Waals surface area contributed by atoms with E-state index in [4.69, 9.17) is 11.6 Å². The Morgan fingerprint density at radius 1 is 0.912 bits per heavy atom. The summed E-state index contributed by atoms with van der Waals surface area (Å²) in [6.45, 7) is 0.0481. The summed E-state index contributed by atoms with van der Waals surface area (Å²) in [7, 11) is 0. The van der Waals surface area contributed by atoms with E-state index < -0.39 is 29.5 Å². The molecule has 2 aliphatic rings. The molecular formula is C25H17ClFN3O4. The SMILES string of the molecule is O=C(Nc1ccc(N2C(=O)c3ccccc3C2=O)c(Cl)c1)C1CC(=O)N(c2ccccc2F)C1. The molecule has 2 aliphatic heterocycles. The topological polar surface area (TPSA) is 86.8 Å². The number of nitrogens with one attached hydrogen (secondary N) is 1. The van der Waals surface area contributed by atoms with Crippen LogP contribution in [0.5, 0.6) is 0 Å². The average Bonchev–Trinajstić information content (AvgIpc) is 3.33. The minimum Gasteiger partial charge on any atom is -0.326 e. The molecule has 34 heavy (non-hydrogen) atoms. The molecule has 1 atom stereocenters. The first-order chi connectivity index (χ1) is 16.3. The van der Waals surface area contributed by atoms with Crippen molar-refractivity contribution < 1.29 is 23.6 Å². The van der Waals surface area contributed by atoms with Gasteiger partial charge in [-0.25, -0.2) is 9.29 Å². The Hall–Kier alpha value is -4.04. The molecule has 1 unspecified atom stereocenters. The van der Waals surface area contributed by atoms with Crippen LogP contribution < -0.4 is 15.1 Å². The molecule has 2 heterocycles. The molecule has 0 aliphatic carbocycles. The van der Waals surface area contributed by atoms with Crippen LogP contribution in [-0.2, 0) is 9.59 Å². The van der Waals surface area contributed by atoms with Crippen molar-refractivity contribution in [1.29, 1.82) is 0 Å². The summed E-state index contributed by atoms with van der Waals surface area (Å²) in [4.78, 5) is 52.9. The summed E-state index contributed by atoms with van der Waals surface area (Å²) in [6, 6.07) is 16.8. The molecule has 7 nitrogen and oxygen atoms in total. The van der Waals surface area contributed by atoms with Gasteiger partial charge in [0.25, 0.3) is 11.8 Å². The molecule has 1 fully saturated rings. The molecule has 0 bridgehead atoms. The smallest absolute Gasteiger partial charge is 0.266 e. The van der Waals surface area contributed by atoms with Crippen molar-refractivity contribution in [2.24, 2.45) is 5.92 Å². The van der Waals surface area contributed by atoms with Crippen LogP contribution in [0.3, 0.4) is 0 Å². The summed E-state index contributed by atoms with van der Waals surface area (Å²) in [5.41, 5.74) is 1.27. The minimum atomic E-state index is -0.679. The van der Waals surface area contributed by atoms with E-state index in [1.807, 2.05) is 0 Å². The molecule has 1 N–H and O–H groups in total. The quantitative estimate of drug-likeness (QED) is 0.568. The van der Waals surface area contributed by atoms with Gasteiger partial charge in [0.15, 0.2) is 0 Å². The highest BCUT2D eigenvalue weighted by molar-refractivity contribution is 6.40. The maximum Gasteiger partial charge on any atom is 0.266 e. The van der Waals surface area contributed by atoms with Gasteiger partial charge in [-0.15, -0.1) is 0 Å². The Morgan fingerprint density at radius 3 is 2.21 bits per heavy atom. The van der Waals surface area contributed by atoms with Crippen molar-refractivity contribution in [2.45, 2.75) is 6.42 Å². The minimum absolute atomic E-state index is 0.0481. The second kappa shape index (κ2) is 8.39. The number of para-hydroxylation sites is 1. The first-order valence-corrected chi connectivity index (χ1v) is 10.9. The number of halogens is 2.